The van der Waals surface area contributed by atoms with E-state index in [9.17, 15) is 4.79 Å². The van der Waals surface area contributed by atoms with Crippen LogP contribution >= 0.6 is 0 Å². The number of allylic oxidation sites excluding steroid dienone is 3. The number of nitrogens with one attached hydrogen (secondary N) is 1. The summed E-state index contributed by atoms with van der Waals surface area (Å²) >= 11 is 0. The molecule has 1 aliphatic rings. The smallest absolute Gasteiger partial charge is 0.293 e. The molecule has 0 atom stereocenters. The van der Waals surface area contributed by atoms with Crippen molar-refractivity contribution in [3.05, 3.63) is 66.9 Å². The van der Waals surface area contributed by atoms with Crippen molar-refractivity contribution in [1.29, 1.82) is 0 Å². The molecule has 1 aromatic rings. The standard InChI is InChI=1S/C13H21N3.C5H9N.C3H6O2.C3H6/c1-16-7-5-13(6-8-16)15-10-11-3-2-4-12(14)9-11;1-3-5(6)4-2;1-2-5-3-4;1-3-2/h2-4,9,13,15H,5-8,10,14H2,1H3;3-4H,1,6H2,2H3;3H,2H2,1H3;3H,1H2,2H3/b;5-4+;;. The maximum Gasteiger partial charge on any atom is 0.293 e. The minimum atomic E-state index is 0.431. The van der Waals surface area contributed by atoms with Crippen LogP contribution < -0.4 is 16.8 Å². The Balaban J connectivity index is 0. The molecule has 0 bridgehead atoms. The van der Waals surface area contributed by atoms with Crippen molar-refractivity contribution in [3.63, 3.8) is 0 Å². The average molecular weight is 419 g/mol. The predicted molar refractivity (Wildman–Crippen MR) is 130 cm³/mol. The first-order chi connectivity index (χ1) is 14.4. The summed E-state index contributed by atoms with van der Waals surface area (Å²) in [5.74, 6) is 0. The molecule has 0 amide bonds. The molecule has 1 saturated heterocycles. The van der Waals surface area contributed by atoms with Crippen LogP contribution in [-0.4, -0.2) is 44.2 Å². The third-order valence-corrected chi connectivity index (χ3v) is 4.07. The number of carbonyl (C=O) groups excluding carboxylic acids is 1. The first-order valence-corrected chi connectivity index (χ1v) is 10.3. The second kappa shape index (κ2) is 21.1. The number of hydrogen-bond acceptors (Lipinski definition) is 6. The summed E-state index contributed by atoms with van der Waals surface area (Å²) < 4.78 is 4.15. The Morgan fingerprint density at radius 2 is 1.90 bits per heavy atom. The first-order valence-electron chi connectivity index (χ1n) is 10.3. The molecule has 1 fully saturated rings. The third-order valence-electron chi connectivity index (χ3n) is 4.07. The largest absolute Gasteiger partial charge is 0.468 e. The van der Waals surface area contributed by atoms with Gasteiger partial charge in [-0.3, -0.25) is 4.79 Å². The molecule has 1 aliphatic heterocycles. The van der Waals surface area contributed by atoms with E-state index >= 15 is 0 Å². The average Bonchev–Trinajstić information content (AvgIpc) is 2.75. The fraction of sp³-hybridized carbons (Fsp3) is 0.458. The molecule has 0 unspecified atom stereocenters. The van der Waals surface area contributed by atoms with Crippen LogP contribution in [0.25, 0.3) is 0 Å². The van der Waals surface area contributed by atoms with Gasteiger partial charge in [-0.25, -0.2) is 0 Å². The van der Waals surface area contributed by atoms with Crippen LogP contribution in [-0.2, 0) is 16.1 Å². The molecule has 0 radical (unpaired) electrons. The van der Waals surface area contributed by atoms with E-state index in [1.165, 1.54) is 31.5 Å². The molecule has 0 aromatic heterocycles. The van der Waals surface area contributed by atoms with E-state index in [0.717, 1.165) is 17.9 Å². The Bertz CT molecular complexity index is 595. The van der Waals surface area contributed by atoms with Gasteiger partial charge in [0.15, 0.2) is 0 Å². The maximum absolute atomic E-state index is 9.18. The summed E-state index contributed by atoms with van der Waals surface area (Å²) in [5, 5.41) is 3.60. The molecule has 5 N–H and O–H groups in total. The Labute approximate surface area is 183 Å². The van der Waals surface area contributed by atoms with E-state index in [4.69, 9.17) is 11.5 Å². The summed E-state index contributed by atoms with van der Waals surface area (Å²) in [6.45, 7) is 16.6. The fourth-order valence-corrected chi connectivity index (χ4v) is 2.36. The highest BCUT2D eigenvalue weighted by atomic mass is 16.5. The number of benzene rings is 1. The van der Waals surface area contributed by atoms with Crippen molar-refractivity contribution in [2.24, 2.45) is 5.73 Å². The van der Waals surface area contributed by atoms with Crippen molar-refractivity contribution in [1.82, 2.24) is 10.2 Å². The van der Waals surface area contributed by atoms with Crippen LogP contribution in [0.4, 0.5) is 5.69 Å². The topological polar surface area (TPSA) is 93.6 Å². The maximum atomic E-state index is 9.18. The zero-order chi connectivity index (χ0) is 23.2. The number of likely N-dealkylation sites (tertiary alicyclic amines) is 1. The van der Waals surface area contributed by atoms with Gasteiger partial charge in [-0.2, -0.15) is 0 Å². The number of rotatable bonds is 6. The molecule has 2 rings (SSSR count). The van der Waals surface area contributed by atoms with E-state index in [2.05, 4.69) is 41.2 Å². The number of hydrogen-bond donors (Lipinski definition) is 3. The van der Waals surface area contributed by atoms with Gasteiger partial charge in [0.05, 0.1) is 6.61 Å². The molecular formula is C24H42N4O2. The Hall–Kier alpha value is -2.57. The molecule has 6 nitrogen and oxygen atoms in total. The van der Waals surface area contributed by atoms with Crippen LogP contribution in [0.2, 0.25) is 0 Å². The molecular weight excluding hydrogens is 376 g/mol. The summed E-state index contributed by atoms with van der Waals surface area (Å²) in [6, 6.07) is 8.78. The van der Waals surface area contributed by atoms with E-state index in [1.54, 1.807) is 25.2 Å². The Morgan fingerprint density at radius 3 is 2.27 bits per heavy atom. The SMILES string of the molecule is C=C/C(N)=C\C.C=CC.CCOC=O.CN1CCC(NCc2cccc(N)c2)CC1. The highest BCUT2D eigenvalue weighted by Gasteiger charge is 2.15. The number of carbonyl (C=O) groups is 1. The number of nitrogens with two attached hydrogens (primary N) is 2. The minimum absolute atomic E-state index is 0.431. The number of nitrogens with zero attached hydrogens (tertiary/aromatic N) is 1. The summed E-state index contributed by atoms with van der Waals surface area (Å²) in [7, 11) is 2.19. The Morgan fingerprint density at radius 1 is 1.30 bits per heavy atom. The number of ether oxygens (including phenoxy) is 1. The Kier molecular flexibility index (Phi) is 20.9. The van der Waals surface area contributed by atoms with Crippen molar-refractivity contribution in [3.8, 4) is 0 Å². The predicted octanol–water partition coefficient (Wildman–Crippen LogP) is 3.86. The van der Waals surface area contributed by atoms with Crippen molar-refractivity contribution in [2.75, 3.05) is 32.5 Å². The van der Waals surface area contributed by atoms with Gasteiger partial charge in [0.25, 0.3) is 6.47 Å². The van der Waals surface area contributed by atoms with Gasteiger partial charge in [0.1, 0.15) is 0 Å². The van der Waals surface area contributed by atoms with E-state index in [-0.39, 0.29) is 0 Å². The fourth-order valence-electron chi connectivity index (χ4n) is 2.36. The zero-order valence-electron chi connectivity index (χ0n) is 19.3. The lowest BCUT2D eigenvalue weighted by atomic mass is 10.1. The van der Waals surface area contributed by atoms with Crippen molar-refractivity contribution < 1.29 is 9.53 Å². The second-order valence-corrected chi connectivity index (χ2v) is 6.66. The second-order valence-electron chi connectivity index (χ2n) is 6.66. The summed E-state index contributed by atoms with van der Waals surface area (Å²) in [5.41, 5.74) is 13.8. The number of nitrogen functional groups attached to an aromatic ring is 1. The molecule has 30 heavy (non-hydrogen) atoms. The summed E-state index contributed by atoms with van der Waals surface area (Å²) in [4.78, 5) is 11.6. The van der Waals surface area contributed by atoms with Gasteiger partial charge < -0.3 is 26.4 Å². The van der Waals surface area contributed by atoms with Crippen molar-refractivity contribution >= 4 is 12.2 Å². The van der Waals surface area contributed by atoms with Gasteiger partial charge in [-0.05, 0) is 77.5 Å². The van der Waals surface area contributed by atoms with Gasteiger partial charge in [0, 0.05) is 24.0 Å². The van der Waals surface area contributed by atoms with Gasteiger partial charge in [-0.1, -0.05) is 30.9 Å². The van der Waals surface area contributed by atoms with Crippen LogP contribution in [0.15, 0.2) is 61.3 Å². The summed E-state index contributed by atoms with van der Waals surface area (Å²) in [6.07, 6.45) is 7.66. The number of anilines is 1. The van der Waals surface area contributed by atoms with Crippen molar-refractivity contribution in [2.45, 2.75) is 46.2 Å². The van der Waals surface area contributed by atoms with Crippen LogP contribution in [0, 0.1) is 0 Å². The lowest BCUT2D eigenvalue weighted by Gasteiger charge is -2.29. The van der Waals surface area contributed by atoms with Crippen LogP contribution in [0.3, 0.4) is 0 Å². The molecule has 1 heterocycles. The molecule has 0 spiro atoms. The lowest BCUT2D eigenvalue weighted by molar-refractivity contribution is -0.128. The van der Waals surface area contributed by atoms with Gasteiger partial charge in [0.2, 0.25) is 0 Å². The molecule has 170 valence electrons. The lowest BCUT2D eigenvalue weighted by Crippen LogP contribution is -2.40. The zero-order valence-corrected chi connectivity index (χ0v) is 19.3. The molecule has 0 saturated carbocycles. The quantitative estimate of drug-likeness (QED) is 0.281. The monoisotopic (exact) mass is 418 g/mol. The molecule has 0 aliphatic carbocycles. The normalized spacial score (nSPS) is 13.8. The third kappa shape index (κ3) is 18.8. The molecule has 1 aromatic carbocycles. The van der Waals surface area contributed by atoms with Crippen LogP contribution in [0.1, 0.15) is 39.2 Å². The number of piperidine rings is 1. The van der Waals surface area contributed by atoms with Gasteiger partial charge in [-0.15, -0.1) is 6.58 Å². The van der Waals surface area contributed by atoms with E-state index in [1.807, 2.05) is 32.0 Å². The van der Waals surface area contributed by atoms with E-state index in [0.29, 0.717) is 19.1 Å². The highest BCUT2D eigenvalue weighted by molar-refractivity contribution is 5.40. The molecule has 6 heteroatoms. The minimum Gasteiger partial charge on any atom is -0.468 e. The van der Waals surface area contributed by atoms with E-state index < -0.39 is 0 Å². The van der Waals surface area contributed by atoms with Crippen LogP contribution in [0.5, 0.6) is 0 Å². The highest BCUT2D eigenvalue weighted by Crippen LogP contribution is 2.10. The first kappa shape index (κ1) is 29.6. The van der Waals surface area contributed by atoms with Gasteiger partial charge >= 0.3 is 0 Å².